The van der Waals surface area contributed by atoms with E-state index in [1.54, 1.807) is 0 Å². The molecule has 0 saturated heterocycles. The van der Waals surface area contributed by atoms with Gasteiger partial charge in [0.15, 0.2) is 0 Å². The molecule has 0 aliphatic carbocycles. The Morgan fingerprint density at radius 1 is 0.952 bits per heavy atom. The van der Waals surface area contributed by atoms with Crippen LogP contribution in [0.4, 0.5) is 5.69 Å². The molecule has 21 heavy (non-hydrogen) atoms. The summed E-state index contributed by atoms with van der Waals surface area (Å²) in [5, 5.41) is 2.87. The van der Waals surface area contributed by atoms with E-state index in [1.165, 1.54) is 0 Å². The van der Waals surface area contributed by atoms with E-state index in [9.17, 15) is 4.79 Å². The van der Waals surface area contributed by atoms with Crippen LogP contribution in [0.1, 0.15) is 61.0 Å². The number of carbonyl (C=O) groups is 1. The average Bonchev–Trinajstić information content (AvgIpc) is 2.50. The van der Waals surface area contributed by atoms with Crippen molar-refractivity contribution in [1.29, 1.82) is 0 Å². The summed E-state index contributed by atoms with van der Waals surface area (Å²) in [7, 11) is 0. The Balaban J connectivity index is 0. The molecule has 0 bridgehead atoms. The summed E-state index contributed by atoms with van der Waals surface area (Å²) in [5.74, 6) is 0.612. The van der Waals surface area contributed by atoms with Crippen LogP contribution < -0.4 is 5.32 Å². The summed E-state index contributed by atoms with van der Waals surface area (Å²) in [5.41, 5.74) is 2.01. The van der Waals surface area contributed by atoms with E-state index in [0.717, 1.165) is 11.3 Å². The van der Waals surface area contributed by atoms with Gasteiger partial charge in [-0.25, -0.2) is 0 Å². The minimum Gasteiger partial charge on any atom is -0.326 e. The third-order valence-corrected chi connectivity index (χ3v) is 2.38. The molecule has 1 rings (SSSR count). The number of benzene rings is 1. The predicted octanol–water partition coefficient (Wildman–Crippen LogP) is 6.00. The Kier molecular flexibility index (Phi) is 13.9. The fourth-order valence-electron chi connectivity index (χ4n) is 1.27. The summed E-state index contributed by atoms with van der Waals surface area (Å²) < 4.78 is 0. The highest BCUT2D eigenvalue weighted by Crippen LogP contribution is 2.12. The van der Waals surface area contributed by atoms with E-state index in [0.29, 0.717) is 5.92 Å². The molecule has 1 amide bonds. The van der Waals surface area contributed by atoms with Gasteiger partial charge in [0, 0.05) is 11.6 Å². The lowest BCUT2D eigenvalue weighted by molar-refractivity contribution is -0.118. The molecule has 0 aliphatic heterocycles. The highest BCUT2D eigenvalue weighted by Gasteiger charge is 2.06. The molecule has 1 N–H and O–H groups in total. The maximum atomic E-state index is 11.5. The second-order valence-corrected chi connectivity index (χ2v) is 4.87. The van der Waals surface area contributed by atoms with Crippen LogP contribution in [-0.2, 0) is 4.79 Å². The average molecular weight is 291 g/mol. The molecule has 0 radical (unpaired) electrons. The second kappa shape index (κ2) is 13.4. The standard InChI is InChI=1S/C15H21NO.2C2H6/c1-11(2)5-6-13-7-9-14(10-8-13)16-15(17)12(3)4;2*1-2/h5-12H,1-4H3,(H,16,17);2*1-2H3/b6-5+;;. The summed E-state index contributed by atoms with van der Waals surface area (Å²) in [4.78, 5) is 11.5. The largest absolute Gasteiger partial charge is 0.326 e. The monoisotopic (exact) mass is 291 g/mol. The molecular formula is C19H33NO. The zero-order valence-corrected chi connectivity index (χ0v) is 15.0. The fraction of sp³-hybridized carbons (Fsp3) is 0.526. The maximum Gasteiger partial charge on any atom is 0.226 e. The van der Waals surface area contributed by atoms with Gasteiger partial charge in [0.2, 0.25) is 5.91 Å². The van der Waals surface area contributed by atoms with Crippen molar-refractivity contribution in [3.63, 3.8) is 0 Å². The summed E-state index contributed by atoms with van der Waals surface area (Å²) >= 11 is 0. The van der Waals surface area contributed by atoms with Gasteiger partial charge in [0.05, 0.1) is 0 Å². The predicted molar refractivity (Wildman–Crippen MR) is 96.5 cm³/mol. The van der Waals surface area contributed by atoms with Gasteiger partial charge >= 0.3 is 0 Å². The van der Waals surface area contributed by atoms with Gasteiger partial charge in [-0.15, -0.1) is 0 Å². The SMILES string of the molecule is CC.CC.CC(C)/C=C/c1ccc(NC(=O)C(C)C)cc1. The zero-order valence-electron chi connectivity index (χ0n) is 15.0. The number of amides is 1. The molecule has 0 aliphatic rings. The van der Waals surface area contributed by atoms with Gasteiger partial charge in [0.1, 0.15) is 0 Å². The van der Waals surface area contributed by atoms with Gasteiger partial charge in [-0.05, 0) is 23.6 Å². The molecule has 2 nitrogen and oxygen atoms in total. The quantitative estimate of drug-likeness (QED) is 0.724. The Hall–Kier alpha value is -1.57. The van der Waals surface area contributed by atoms with Crippen molar-refractivity contribution >= 4 is 17.7 Å². The van der Waals surface area contributed by atoms with Crippen molar-refractivity contribution in [2.75, 3.05) is 5.32 Å². The van der Waals surface area contributed by atoms with E-state index in [4.69, 9.17) is 0 Å². The number of anilines is 1. The summed E-state index contributed by atoms with van der Waals surface area (Å²) in [6, 6.07) is 7.88. The number of hydrogen-bond donors (Lipinski definition) is 1. The van der Waals surface area contributed by atoms with Crippen LogP contribution in [0.2, 0.25) is 0 Å². The van der Waals surface area contributed by atoms with Crippen molar-refractivity contribution < 1.29 is 4.79 Å². The third-order valence-electron chi connectivity index (χ3n) is 2.38. The lowest BCUT2D eigenvalue weighted by Crippen LogP contribution is -2.17. The number of hydrogen-bond acceptors (Lipinski definition) is 1. The first-order chi connectivity index (χ1) is 9.99. The maximum absolute atomic E-state index is 11.5. The van der Waals surface area contributed by atoms with Crippen molar-refractivity contribution in [2.24, 2.45) is 11.8 Å². The van der Waals surface area contributed by atoms with Crippen LogP contribution in [0, 0.1) is 11.8 Å². The van der Waals surface area contributed by atoms with E-state index in [2.05, 4.69) is 31.3 Å². The molecule has 2 heteroatoms. The van der Waals surface area contributed by atoms with Crippen LogP contribution in [0.15, 0.2) is 30.3 Å². The molecule has 0 aromatic heterocycles. The van der Waals surface area contributed by atoms with Gasteiger partial charge in [-0.1, -0.05) is 79.7 Å². The van der Waals surface area contributed by atoms with E-state index >= 15 is 0 Å². The topological polar surface area (TPSA) is 29.1 Å². The van der Waals surface area contributed by atoms with Crippen molar-refractivity contribution in [3.05, 3.63) is 35.9 Å². The normalized spacial score (nSPS) is 9.81. The summed E-state index contributed by atoms with van der Waals surface area (Å²) in [6.45, 7) is 16.1. The van der Waals surface area contributed by atoms with Gasteiger partial charge in [-0.2, -0.15) is 0 Å². The van der Waals surface area contributed by atoms with Crippen molar-refractivity contribution in [1.82, 2.24) is 0 Å². The van der Waals surface area contributed by atoms with Crippen LogP contribution in [0.25, 0.3) is 6.08 Å². The highest BCUT2D eigenvalue weighted by atomic mass is 16.1. The Morgan fingerprint density at radius 2 is 1.43 bits per heavy atom. The van der Waals surface area contributed by atoms with Crippen molar-refractivity contribution in [2.45, 2.75) is 55.4 Å². The number of allylic oxidation sites excluding steroid dienone is 1. The van der Waals surface area contributed by atoms with Crippen LogP contribution >= 0.6 is 0 Å². The molecule has 1 aromatic carbocycles. The van der Waals surface area contributed by atoms with Gasteiger partial charge in [-0.3, -0.25) is 4.79 Å². The Labute approximate surface area is 131 Å². The zero-order chi connectivity index (χ0) is 16.8. The smallest absolute Gasteiger partial charge is 0.226 e. The minimum absolute atomic E-state index is 0.00973. The molecule has 0 saturated carbocycles. The van der Waals surface area contributed by atoms with Gasteiger partial charge in [0.25, 0.3) is 0 Å². The number of rotatable bonds is 4. The Bertz CT molecular complexity index is 389. The first-order valence-corrected chi connectivity index (χ1v) is 8.08. The lowest BCUT2D eigenvalue weighted by atomic mass is 10.1. The van der Waals surface area contributed by atoms with Crippen LogP contribution in [0.3, 0.4) is 0 Å². The fourth-order valence-corrected chi connectivity index (χ4v) is 1.27. The van der Waals surface area contributed by atoms with Crippen LogP contribution in [0.5, 0.6) is 0 Å². The number of nitrogens with one attached hydrogen (secondary N) is 1. The lowest BCUT2D eigenvalue weighted by Gasteiger charge is -2.07. The Morgan fingerprint density at radius 3 is 1.81 bits per heavy atom. The van der Waals surface area contributed by atoms with E-state index < -0.39 is 0 Å². The third kappa shape index (κ3) is 10.8. The first kappa shape index (κ1) is 21.7. The first-order valence-electron chi connectivity index (χ1n) is 8.08. The molecule has 0 atom stereocenters. The van der Waals surface area contributed by atoms with Crippen molar-refractivity contribution in [3.8, 4) is 0 Å². The van der Waals surface area contributed by atoms with Gasteiger partial charge < -0.3 is 5.32 Å². The van der Waals surface area contributed by atoms with Crippen LogP contribution in [-0.4, -0.2) is 5.91 Å². The molecule has 0 spiro atoms. The van der Waals surface area contributed by atoms with E-state index in [-0.39, 0.29) is 11.8 Å². The molecule has 0 heterocycles. The second-order valence-electron chi connectivity index (χ2n) is 4.87. The molecule has 120 valence electrons. The van der Waals surface area contributed by atoms with E-state index in [1.807, 2.05) is 65.8 Å². The molecule has 0 fully saturated rings. The highest BCUT2D eigenvalue weighted by molar-refractivity contribution is 5.92. The minimum atomic E-state index is 0.00973. The number of carbonyl (C=O) groups excluding carboxylic acids is 1. The molecule has 0 unspecified atom stereocenters. The molecular weight excluding hydrogens is 258 g/mol. The summed E-state index contributed by atoms with van der Waals surface area (Å²) in [6.07, 6.45) is 4.25. The molecule has 1 aromatic rings.